The molecule has 238 valence electrons. The maximum atomic E-state index is 14.4. The largest absolute Gasteiger partial charge is 0.361 e. The second-order valence-electron chi connectivity index (χ2n) is 12.7. The van der Waals surface area contributed by atoms with Crippen molar-refractivity contribution in [1.82, 2.24) is 29.9 Å². The van der Waals surface area contributed by atoms with Crippen molar-refractivity contribution in [3.63, 3.8) is 0 Å². The first-order valence-corrected chi connectivity index (χ1v) is 16.0. The SMILES string of the molecule is CC(c1c[nH]c2ccccc12)C(NC(=O)N1CCC(c2ccccc2)CC1)C(=O)Nc1cc(CN(C)C)ccc1-c1cnn(C)c1. The van der Waals surface area contributed by atoms with E-state index in [9.17, 15) is 9.59 Å². The standard InChI is InChI=1S/C37H43N7O2/c1-25(32-22-38-33-13-9-8-12-31(32)33)35(41-37(46)44-18-16-28(17-19-44)27-10-6-5-7-11-27)36(45)40-34-20-26(23-42(2)3)14-15-30(34)29-21-39-43(4)24-29/h5-15,20-22,24-25,28,35,38H,16-19,23H2,1-4H3,(H,40,45)(H,41,46). The molecule has 46 heavy (non-hydrogen) atoms. The highest BCUT2D eigenvalue weighted by Crippen LogP contribution is 2.33. The number of aromatic nitrogens is 3. The number of aromatic amines is 1. The second-order valence-corrected chi connectivity index (χ2v) is 12.7. The summed E-state index contributed by atoms with van der Waals surface area (Å²) in [6.45, 7) is 4.01. The summed E-state index contributed by atoms with van der Waals surface area (Å²) in [6.07, 6.45) is 7.46. The number of amides is 3. The number of H-pyrrole nitrogens is 1. The number of likely N-dealkylation sites (tertiary alicyclic amines) is 1. The van der Waals surface area contributed by atoms with Crippen LogP contribution in [0.15, 0.2) is 91.4 Å². The molecule has 9 nitrogen and oxygen atoms in total. The fourth-order valence-electron chi connectivity index (χ4n) is 6.61. The van der Waals surface area contributed by atoms with Crippen molar-refractivity contribution in [3.05, 3.63) is 108 Å². The van der Waals surface area contributed by atoms with Crippen LogP contribution in [0.2, 0.25) is 0 Å². The van der Waals surface area contributed by atoms with Crippen molar-refractivity contribution in [2.75, 3.05) is 32.5 Å². The molecule has 9 heteroatoms. The lowest BCUT2D eigenvalue weighted by molar-refractivity contribution is -0.118. The third-order valence-electron chi connectivity index (χ3n) is 9.08. The number of anilines is 1. The highest BCUT2D eigenvalue weighted by molar-refractivity contribution is 6.01. The number of benzene rings is 3. The van der Waals surface area contributed by atoms with Gasteiger partial charge in [0.15, 0.2) is 0 Å². The van der Waals surface area contributed by atoms with Crippen LogP contribution in [0.3, 0.4) is 0 Å². The number of carbonyl (C=O) groups excluding carboxylic acids is 2. The van der Waals surface area contributed by atoms with Crippen molar-refractivity contribution in [1.29, 1.82) is 0 Å². The minimum absolute atomic E-state index is 0.216. The van der Waals surface area contributed by atoms with Crippen molar-refractivity contribution in [3.8, 4) is 11.1 Å². The van der Waals surface area contributed by atoms with Crippen LogP contribution in [0, 0.1) is 0 Å². The Morgan fingerprint density at radius 3 is 2.48 bits per heavy atom. The molecule has 2 unspecified atom stereocenters. The Morgan fingerprint density at radius 2 is 1.76 bits per heavy atom. The minimum Gasteiger partial charge on any atom is -0.361 e. The molecule has 3 N–H and O–H groups in total. The fraction of sp³-hybridized carbons (Fsp3) is 0.324. The normalized spacial score (nSPS) is 15.2. The van der Waals surface area contributed by atoms with Gasteiger partial charge in [-0.25, -0.2) is 4.79 Å². The van der Waals surface area contributed by atoms with Crippen molar-refractivity contribution in [2.45, 2.75) is 44.2 Å². The number of hydrogen-bond donors (Lipinski definition) is 3. The van der Waals surface area contributed by atoms with Crippen molar-refractivity contribution in [2.24, 2.45) is 7.05 Å². The molecule has 0 bridgehead atoms. The summed E-state index contributed by atoms with van der Waals surface area (Å²) in [4.78, 5) is 35.5. The molecule has 6 rings (SSSR count). The summed E-state index contributed by atoms with van der Waals surface area (Å²) < 4.78 is 1.75. The Kier molecular flexibility index (Phi) is 9.21. The number of nitrogens with one attached hydrogen (secondary N) is 3. The van der Waals surface area contributed by atoms with Gasteiger partial charge in [-0.3, -0.25) is 9.48 Å². The first-order valence-electron chi connectivity index (χ1n) is 16.0. The highest BCUT2D eigenvalue weighted by atomic mass is 16.2. The highest BCUT2D eigenvalue weighted by Gasteiger charge is 2.33. The number of carbonyl (C=O) groups is 2. The quantitative estimate of drug-likeness (QED) is 0.180. The van der Waals surface area contributed by atoms with E-state index in [1.165, 1.54) is 5.56 Å². The lowest BCUT2D eigenvalue weighted by Gasteiger charge is -2.34. The van der Waals surface area contributed by atoms with Crippen molar-refractivity contribution < 1.29 is 9.59 Å². The van der Waals surface area contributed by atoms with Gasteiger partial charge in [0.05, 0.1) is 6.20 Å². The molecule has 2 aromatic heterocycles. The first-order chi connectivity index (χ1) is 22.3. The van der Waals surface area contributed by atoms with E-state index in [0.29, 0.717) is 24.7 Å². The van der Waals surface area contributed by atoms with Crippen LogP contribution in [0.1, 0.15) is 48.3 Å². The van der Waals surface area contributed by atoms with Crippen LogP contribution in [0.5, 0.6) is 0 Å². The van der Waals surface area contributed by atoms with Gasteiger partial charge in [0.25, 0.3) is 0 Å². The number of fused-ring (bicyclic) bond motifs is 1. The Hall–Kier alpha value is -4.89. The molecule has 1 aliphatic rings. The molecule has 1 aliphatic heterocycles. The Balaban J connectivity index is 1.28. The summed E-state index contributed by atoms with van der Waals surface area (Å²) >= 11 is 0. The Bertz CT molecular complexity index is 1800. The molecule has 2 atom stereocenters. The minimum atomic E-state index is -0.821. The van der Waals surface area contributed by atoms with E-state index in [4.69, 9.17) is 0 Å². The number of urea groups is 1. The molecule has 5 aromatic rings. The lowest BCUT2D eigenvalue weighted by Crippen LogP contribution is -2.53. The van der Waals surface area contributed by atoms with Gasteiger partial charge in [-0.1, -0.05) is 67.6 Å². The maximum absolute atomic E-state index is 14.4. The summed E-state index contributed by atoms with van der Waals surface area (Å²) in [7, 11) is 5.91. The predicted molar refractivity (Wildman–Crippen MR) is 184 cm³/mol. The lowest BCUT2D eigenvalue weighted by atomic mass is 9.89. The van der Waals surface area contributed by atoms with Gasteiger partial charge in [-0.15, -0.1) is 0 Å². The molecule has 3 aromatic carbocycles. The smallest absolute Gasteiger partial charge is 0.318 e. The van der Waals surface area contributed by atoms with E-state index in [1.54, 1.807) is 10.9 Å². The first kappa shape index (κ1) is 31.1. The van der Waals surface area contributed by atoms with E-state index in [2.05, 4.69) is 55.9 Å². The third kappa shape index (κ3) is 6.84. The van der Waals surface area contributed by atoms with Gasteiger partial charge in [0.1, 0.15) is 6.04 Å². The molecule has 3 amide bonds. The zero-order valence-electron chi connectivity index (χ0n) is 27.0. The molecule has 1 saturated heterocycles. The summed E-state index contributed by atoms with van der Waals surface area (Å²) in [5, 5.41) is 11.8. The third-order valence-corrected chi connectivity index (χ3v) is 9.08. The topological polar surface area (TPSA) is 98.3 Å². The molecule has 0 spiro atoms. The van der Waals surface area contributed by atoms with E-state index in [1.807, 2.05) is 87.8 Å². The van der Waals surface area contributed by atoms with E-state index in [0.717, 1.165) is 52.5 Å². The van der Waals surface area contributed by atoms with Gasteiger partial charge in [-0.2, -0.15) is 5.10 Å². The van der Waals surface area contributed by atoms with Crippen LogP contribution < -0.4 is 10.6 Å². The number of rotatable bonds is 9. The molecular formula is C37H43N7O2. The summed E-state index contributed by atoms with van der Waals surface area (Å²) in [5.74, 6) is -0.152. The second kappa shape index (κ2) is 13.6. The average Bonchev–Trinajstić information content (AvgIpc) is 3.70. The van der Waals surface area contributed by atoms with Gasteiger partial charge < -0.3 is 25.4 Å². The predicted octanol–water partition coefficient (Wildman–Crippen LogP) is 6.33. The fourth-order valence-corrected chi connectivity index (χ4v) is 6.61. The number of para-hydroxylation sites is 1. The zero-order chi connectivity index (χ0) is 32.2. The van der Waals surface area contributed by atoms with Crippen LogP contribution in [0.4, 0.5) is 10.5 Å². The molecule has 0 radical (unpaired) electrons. The summed E-state index contributed by atoms with van der Waals surface area (Å²) in [6, 6.07) is 23.6. The number of piperidine rings is 1. The molecule has 0 aliphatic carbocycles. The molecular weight excluding hydrogens is 574 g/mol. The average molecular weight is 618 g/mol. The maximum Gasteiger partial charge on any atom is 0.318 e. The number of nitrogens with zero attached hydrogens (tertiary/aromatic N) is 4. The van der Waals surface area contributed by atoms with Crippen molar-refractivity contribution >= 4 is 28.5 Å². The number of hydrogen-bond acceptors (Lipinski definition) is 4. The van der Waals surface area contributed by atoms with Crippen LogP contribution in [-0.4, -0.2) is 69.7 Å². The Morgan fingerprint density at radius 1 is 1.02 bits per heavy atom. The zero-order valence-corrected chi connectivity index (χ0v) is 27.0. The van der Waals surface area contributed by atoms with Crippen LogP contribution in [-0.2, 0) is 18.4 Å². The Labute approximate surface area is 270 Å². The monoisotopic (exact) mass is 617 g/mol. The van der Waals surface area contributed by atoms with E-state index in [-0.39, 0.29) is 17.9 Å². The number of aryl methyl sites for hydroxylation is 1. The van der Waals surface area contributed by atoms with Crippen LogP contribution >= 0.6 is 0 Å². The van der Waals surface area contributed by atoms with E-state index >= 15 is 0 Å². The van der Waals surface area contributed by atoms with Gasteiger partial charge >= 0.3 is 6.03 Å². The molecule has 3 heterocycles. The van der Waals surface area contributed by atoms with Gasteiger partial charge in [0.2, 0.25) is 5.91 Å². The van der Waals surface area contributed by atoms with Crippen LogP contribution in [0.25, 0.3) is 22.0 Å². The van der Waals surface area contributed by atoms with E-state index < -0.39 is 6.04 Å². The van der Waals surface area contributed by atoms with Gasteiger partial charge in [-0.05, 0) is 61.7 Å². The van der Waals surface area contributed by atoms with Gasteiger partial charge in [0, 0.05) is 72.7 Å². The summed E-state index contributed by atoms with van der Waals surface area (Å²) in [5.41, 5.74) is 6.82. The molecule has 0 saturated carbocycles. The molecule has 1 fully saturated rings.